The molecule has 0 radical (unpaired) electrons. The van der Waals surface area contributed by atoms with Gasteiger partial charge in [-0.2, -0.15) is 0 Å². The SMILES string of the molecule is COc1c(OC[C@H](O)CN2CCCC2)ccc2c1N=C(NC(=O)c1scnc1C)N1CCN=C21. The number of nitrogens with zero attached hydrogens (tertiary/aromatic N) is 5. The third kappa shape index (κ3) is 4.38. The van der Waals surface area contributed by atoms with Gasteiger partial charge in [0.25, 0.3) is 5.91 Å². The Balaban J connectivity index is 1.40. The summed E-state index contributed by atoms with van der Waals surface area (Å²) >= 11 is 1.29. The molecule has 3 aliphatic rings. The number of nitrogens with one attached hydrogen (secondary N) is 1. The van der Waals surface area contributed by atoms with Crippen LogP contribution in [0.1, 0.15) is 33.8 Å². The number of aryl methyl sites for hydroxylation is 1. The summed E-state index contributed by atoms with van der Waals surface area (Å²) in [6, 6.07) is 3.71. The van der Waals surface area contributed by atoms with Crippen molar-refractivity contribution < 1.29 is 19.4 Å². The van der Waals surface area contributed by atoms with Gasteiger partial charge in [0.2, 0.25) is 5.96 Å². The number of hydrogen-bond donors (Lipinski definition) is 2. The Hall–Kier alpha value is -3.02. The minimum Gasteiger partial charge on any atom is -0.491 e. The zero-order valence-corrected chi connectivity index (χ0v) is 20.1. The quantitative estimate of drug-likeness (QED) is 0.616. The molecule has 1 amide bonds. The Kier molecular flexibility index (Phi) is 6.48. The third-order valence-electron chi connectivity index (χ3n) is 6.13. The first-order valence-electron chi connectivity index (χ1n) is 11.4. The Labute approximate surface area is 201 Å². The molecule has 1 aromatic heterocycles. The lowest BCUT2D eigenvalue weighted by atomic mass is 10.1. The molecule has 1 saturated heterocycles. The first kappa shape index (κ1) is 22.8. The standard InChI is InChI=1S/C23H28N6O4S/c1-14-20(34-13-25-14)22(31)27-23-26-18-16(21-24-7-10-29(21)23)5-6-17(19(18)32-2)33-12-15(30)11-28-8-3-4-9-28/h5-6,13,15,30H,3-4,7-12H2,1-2H3,(H,26,27,31)/t15-/m1/s1. The maximum absolute atomic E-state index is 12.9. The van der Waals surface area contributed by atoms with Gasteiger partial charge in [-0.25, -0.2) is 9.98 Å². The summed E-state index contributed by atoms with van der Waals surface area (Å²) < 4.78 is 11.6. The second-order valence-corrected chi connectivity index (χ2v) is 9.33. The van der Waals surface area contributed by atoms with E-state index in [1.165, 1.54) is 24.2 Å². The number of aromatic nitrogens is 1. The molecule has 5 rings (SSSR count). The lowest BCUT2D eigenvalue weighted by Crippen LogP contribution is -2.47. The number of aliphatic hydroxyl groups excluding tert-OH is 1. The maximum atomic E-state index is 12.9. The second kappa shape index (κ2) is 9.69. The van der Waals surface area contributed by atoms with E-state index in [2.05, 4.69) is 20.2 Å². The highest BCUT2D eigenvalue weighted by molar-refractivity contribution is 7.11. The third-order valence-corrected chi connectivity index (χ3v) is 7.06. The van der Waals surface area contributed by atoms with Crippen LogP contribution in [0.3, 0.4) is 0 Å². The van der Waals surface area contributed by atoms with Crippen molar-refractivity contribution in [2.75, 3.05) is 46.4 Å². The maximum Gasteiger partial charge on any atom is 0.269 e. The molecule has 3 aliphatic heterocycles. The van der Waals surface area contributed by atoms with Crippen molar-refractivity contribution >= 4 is 34.7 Å². The number of thiazole rings is 1. The van der Waals surface area contributed by atoms with Crippen molar-refractivity contribution in [2.45, 2.75) is 25.9 Å². The highest BCUT2D eigenvalue weighted by Crippen LogP contribution is 2.43. The minimum atomic E-state index is -0.602. The van der Waals surface area contributed by atoms with Crippen LogP contribution in [0.4, 0.5) is 5.69 Å². The first-order chi connectivity index (χ1) is 16.5. The Morgan fingerprint density at radius 2 is 2.12 bits per heavy atom. The van der Waals surface area contributed by atoms with Crippen LogP contribution in [0.5, 0.6) is 11.5 Å². The van der Waals surface area contributed by atoms with E-state index in [4.69, 9.17) is 14.5 Å². The minimum absolute atomic E-state index is 0.149. The van der Waals surface area contributed by atoms with Crippen LogP contribution in [0, 0.1) is 6.92 Å². The van der Waals surface area contributed by atoms with E-state index in [1.807, 2.05) is 17.0 Å². The van der Waals surface area contributed by atoms with Crippen LogP contribution in [0.25, 0.3) is 0 Å². The second-order valence-electron chi connectivity index (χ2n) is 8.48. The van der Waals surface area contributed by atoms with Crippen molar-refractivity contribution in [3.63, 3.8) is 0 Å². The fraction of sp³-hybridized carbons (Fsp3) is 0.478. The molecule has 0 saturated carbocycles. The number of methoxy groups -OCH3 is 1. The molecule has 2 aromatic rings. The number of ether oxygens (including phenoxy) is 2. The first-order valence-corrected chi connectivity index (χ1v) is 12.3. The van der Waals surface area contributed by atoms with Crippen molar-refractivity contribution in [1.29, 1.82) is 0 Å². The predicted octanol–water partition coefficient (Wildman–Crippen LogP) is 1.79. The van der Waals surface area contributed by atoms with Gasteiger partial charge < -0.3 is 19.5 Å². The van der Waals surface area contributed by atoms with E-state index >= 15 is 0 Å². The highest BCUT2D eigenvalue weighted by atomic mass is 32.1. The monoisotopic (exact) mass is 484 g/mol. The van der Waals surface area contributed by atoms with Gasteiger partial charge in [-0.3, -0.25) is 20.0 Å². The van der Waals surface area contributed by atoms with E-state index in [-0.39, 0.29) is 12.5 Å². The van der Waals surface area contributed by atoms with E-state index in [0.29, 0.717) is 53.4 Å². The largest absolute Gasteiger partial charge is 0.491 e. The number of guanidine groups is 1. The molecule has 180 valence electrons. The molecule has 1 atom stereocenters. The van der Waals surface area contributed by atoms with Crippen molar-refractivity contribution in [2.24, 2.45) is 9.98 Å². The van der Waals surface area contributed by atoms with Crippen LogP contribution < -0.4 is 14.8 Å². The van der Waals surface area contributed by atoms with Gasteiger partial charge in [-0.05, 0) is 45.0 Å². The number of likely N-dealkylation sites (tertiary alicyclic amines) is 1. The van der Waals surface area contributed by atoms with Gasteiger partial charge >= 0.3 is 0 Å². The van der Waals surface area contributed by atoms with Crippen molar-refractivity contribution in [1.82, 2.24) is 20.1 Å². The molecule has 0 unspecified atom stereocenters. The van der Waals surface area contributed by atoms with Gasteiger partial charge in [-0.15, -0.1) is 11.3 Å². The molecular weight excluding hydrogens is 456 g/mol. The van der Waals surface area contributed by atoms with Gasteiger partial charge in [0.15, 0.2) is 11.5 Å². The number of amides is 1. The number of carbonyl (C=O) groups excluding carboxylic acids is 1. The molecular formula is C23H28N6O4S. The van der Waals surface area contributed by atoms with Gasteiger partial charge in [-0.1, -0.05) is 0 Å². The topological polar surface area (TPSA) is 112 Å². The number of fused-ring (bicyclic) bond motifs is 3. The zero-order chi connectivity index (χ0) is 23.7. The normalized spacial score (nSPS) is 18.1. The van der Waals surface area contributed by atoms with E-state index in [0.717, 1.165) is 24.5 Å². The zero-order valence-electron chi connectivity index (χ0n) is 19.3. The lowest BCUT2D eigenvalue weighted by molar-refractivity contribution is 0.0747. The summed E-state index contributed by atoms with van der Waals surface area (Å²) in [5, 5.41) is 13.4. The van der Waals surface area contributed by atoms with Crippen LogP contribution in [-0.2, 0) is 0 Å². The highest BCUT2D eigenvalue weighted by Gasteiger charge is 2.33. The number of benzene rings is 1. The summed E-state index contributed by atoms with van der Waals surface area (Å²) in [5.41, 5.74) is 3.68. The number of carbonyl (C=O) groups is 1. The molecule has 34 heavy (non-hydrogen) atoms. The van der Waals surface area contributed by atoms with E-state index < -0.39 is 6.10 Å². The van der Waals surface area contributed by atoms with Gasteiger partial charge in [0.05, 0.1) is 24.9 Å². The van der Waals surface area contributed by atoms with E-state index in [1.54, 1.807) is 19.5 Å². The molecule has 1 aromatic carbocycles. The van der Waals surface area contributed by atoms with Crippen LogP contribution in [-0.4, -0.2) is 90.1 Å². The number of amidine groups is 1. The number of β-amino-alcohol motifs (C(OH)–C–C–N with tert-alkyl or cyclic N) is 1. The Bertz CT molecular complexity index is 1140. The lowest BCUT2D eigenvalue weighted by Gasteiger charge is -2.28. The summed E-state index contributed by atoms with van der Waals surface area (Å²) in [4.78, 5) is 31.1. The van der Waals surface area contributed by atoms with E-state index in [9.17, 15) is 9.90 Å². The summed E-state index contributed by atoms with van der Waals surface area (Å²) in [6.07, 6.45) is 1.74. The molecule has 0 aliphatic carbocycles. The van der Waals surface area contributed by atoms with Crippen molar-refractivity contribution in [3.05, 3.63) is 33.8 Å². The molecule has 0 bridgehead atoms. The van der Waals surface area contributed by atoms with Crippen molar-refractivity contribution in [3.8, 4) is 11.5 Å². The van der Waals surface area contributed by atoms with Crippen LogP contribution in [0.2, 0.25) is 0 Å². The van der Waals surface area contributed by atoms with Crippen LogP contribution in [0.15, 0.2) is 27.6 Å². The number of hydrogen-bond acceptors (Lipinski definition) is 10. The molecule has 2 N–H and O–H groups in total. The van der Waals surface area contributed by atoms with Gasteiger partial charge in [0, 0.05) is 18.7 Å². The average Bonchev–Trinajstić information content (AvgIpc) is 3.59. The summed E-state index contributed by atoms with van der Waals surface area (Å²) in [7, 11) is 1.56. The van der Waals surface area contributed by atoms with Gasteiger partial charge in [0.1, 0.15) is 29.1 Å². The molecule has 11 heteroatoms. The summed E-state index contributed by atoms with van der Waals surface area (Å²) in [5.74, 6) is 1.80. The fourth-order valence-electron chi connectivity index (χ4n) is 4.48. The fourth-order valence-corrected chi connectivity index (χ4v) is 5.18. The summed E-state index contributed by atoms with van der Waals surface area (Å²) in [6.45, 7) is 5.80. The Morgan fingerprint density at radius 3 is 2.85 bits per heavy atom. The number of aliphatic imine (C=N–C) groups is 2. The molecule has 10 nitrogen and oxygen atoms in total. The number of rotatable bonds is 7. The molecule has 1 fully saturated rings. The molecule has 4 heterocycles. The Morgan fingerprint density at radius 1 is 1.29 bits per heavy atom. The number of aliphatic hydroxyl groups is 1. The molecule has 0 spiro atoms. The smallest absolute Gasteiger partial charge is 0.269 e. The van der Waals surface area contributed by atoms with Crippen LogP contribution >= 0.6 is 11.3 Å². The predicted molar refractivity (Wildman–Crippen MR) is 130 cm³/mol. The average molecular weight is 485 g/mol.